The number of aryl methyl sites for hydroxylation is 1. The van der Waals surface area contributed by atoms with Crippen LogP contribution in [-0.4, -0.2) is 24.7 Å². The summed E-state index contributed by atoms with van der Waals surface area (Å²) in [6, 6.07) is 23.4. The standard InChI is InChI=1S/C22H16ClFN2Se/c1-15-7-9-16(10-8-15)22-21(27-18-5-3-2-4-6-18)14-25-26(22)17-11-12-20(24)19(23)13-17/h2-14H,1H3. The number of rotatable bonds is 4. The van der Waals surface area contributed by atoms with Gasteiger partial charge in [0, 0.05) is 0 Å². The molecular weight excluding hydrogens is 426 g/mol. The zero-order valence-electron chi connectivity index (χ0n) is 14.6. The fourth-order valence-electron chi connectivity index (χ4n) is 2.81. The molecule has 0 unspecified atom stereocenters. The minimum absolute atomic E-state index is 0.0907. The summed E-state index contributed by atoms with van der Waals surface area (Å²) in [5, 5.41) is 4.69. The summed E-state index contributed by atoms with van der Waals surface area (Å²) < 4.78 is 17.9. The molecule has 134 valence electrons. The Labute approximate surface area is 168 Å². The molecule has 0 amide bonds. The van der Waals surface area contributed by atoms with Crippen LogP contribution in [0, 0.1) is 12.7 Å². The topological polar surface area (TPSA) is 17.8 Å². The van der Waals surface area contributed by atoms with Gasteiger partial charge in [0.2, 0.25) is 0 Å². The molecule has 3 aromatic carbocycles. The van der Waals surface area contributed by atoms with Gasteiger partial charge in [-0.05, 0) is 0 Å². The van der Waals surface area contributed by atoms with E-state index in [2.05, 4.69) is 48.4 Å². The predicted octanol–water partition coefficient (Wildman–Crippen LogP) is 4.30. The van der Waals surface area contributed by atoms with Crippen LogP contribution < -0.4 is 8.92 Å². The van der Waals surface area contributed by atoms with Gasteiger partial charge in [0.15, 0.2) is 0 Å². The Kier molecular flexibility index (Phi) is 5.13. The normalized spacial score (nSPS) is 10.9. The molecule has 27 heavy (non-hydrogen) atoms. The summed E-state index contributed by atoms with van der Waals surface area (Å²) in [7, 11) is 0. The molecule has 0 saturated carbocycles. The monoisotopic (exact) mass is 442 g/mol. The molecule has 2 nitrogen and oxygen atoms in total. The fraction of sp³-hybridized carbons (Fsp3) is 0.0455. The first kappa shape index (κ1) is 18.0. The van der Waals surface area contributed by atoms with Crippen molar-refractivity contribution in [1.82, 2.24) is 9.78 Å². The van der Waals surface area contributed by atoms with Crippen molar-refractivity contribution in [2.75, 3.05) is 0 Å². The zero-order valence-corrected chi connectivity index (χ0v) is 17.0. The van der Waals surface area contributed by atoms with Crippen molar-refractivity contribution in [2.45, 2.75) is 6.92 Å². The second-order valence-electron chi connectivity index (χ2n) is 6.15. The molecule has 0 aliphatic carbocycles. The van der Waals surface area contributed by atoms with E-state index in [1.54, 1.807) is 12.1 Å². The second-order valence-corrected chi connectivity index (χ2v) is 8.90. The van der Waals surface area contributed by atoms with Gasteiger partial charge in [0.05, 0.1) is 0 Å². The van der Waals surface area contributed by atoms with Gasteiger partial charge in [-0.15, -0.1) is 0 Å². The third-order valence-electron chi connectivity index (χ3n) is 4.18. The molecule has 0 aliphatic rings. The first-order valence-corrected chi connectivity index (χ1v) is 10.5. The first-order valence-electron chi connectivity index (χ1n) is 8.45. The minimum atomic E-state index is -0.432. The predicted molar refractivity (Wildman–Crippen MR) is 110 cm³/mol. The van der Waals surface area contributed by atoms with Crippen LogP contribution in [0.2, 0.25) is 5.02 Å². The van der Waals surface area contributed by atoms with E-state index in [1.807, 2.05) is 29.1 Å². The molecule has 0 fully saturated rings. The molecule has 1 aromatic heterocycles. The molecule has 0 bridgehead atoms. The van der Waals surface area contributed by atoms with Crippen LogP contribution in [0.1, 0.15) is 5.56 Å². The Morgan fingerprint density at radius 2 is 1.70 bits per heavy atom. The molecular formula is C22H16ClFN2Se. The van der Waals surface area contributed by atoms with Gasteiger partial charge in [-0.25, -0.2) is 0 Å². The SMILES string of the molecule is Cc1ccc(-c2c([Se]c3ccccc3)cnn2-c2ccc(F)c(Cl)c2)cc1. The van der Waals surface area contributed by atoms with Crippen molar-refractivity contribution < 1.29 is 4.39 Å². The molecule has 1 heterocycles. The summed E-state index contributed by atoms with van der Waals surface area (Å²) in [5.41, 5.74) is 4.03. The van der Waals surface area contributed by atoms with E-state index in [0.29, 0.717) is 0 Å². The average molecular weight is 442 g/mol. The maximum absolute atomic E-state index is 13.6. The number of hydrogen-bond acceptors (Lipinski definition) is 1. The summed E-state index contributed by atoms with van der Waals surface area (Å²) in [6.07, 6.45) is 1.90. The number of aromatic nitrogens is 2. The van der Waals surface area contributed by atoms with Gasteiger partial charge in [-0.1, -0.05) is 0 Å². The molecule has 5 heteroatoms. The Bertz CT molecular complexity index is 1080. The molecule has 0 spiro atoms. The average Bonchev–Trinajstić information content (AvgIpc) is 3.09. The van der Waals surface area contributed by atoms with E-state index in [9.17, 15) is 4.39 Å². The van der Waals surface area contributed by atoms with Crippen molar-refractivity contribution in [1.29, 1.82) is 0 Å². The van der Waals surface area contributed by atoms with Crippen molar-refractivity contribution in [3.05, 3.63) is 95.4 Å². The van der Waals surface area contributed by atoms with Crippen LogP contribution in [0.25, 0.3) is 16.9 Å². The van der Waals surface area contributed by atoms with E-state index in [1.165, 1.54) is 16.1 Å². The molecule has 4 rings (SSSR count). The first-order chi connectivity index (χ1) is 13.1. The Hall–Kier alpha value is -2.39. The van der Waals surface area contributed by atoms with Crippen molar-refractivity contribution in [2.24, 2.45) is 0 Å². The third-order valence-corrected chi connectivity index (χ3v) is 6.62. The van der Waals surface area contributed by atoms with E-state index in [-0.39, 0.29) is 20.0 Å². The maximum atomic E-state index is 13.6. The number of hydrogen-bond donors (Lipinski definition) is 0. The fourth-order valence-corrected chi connectivity index (χ4v) is 4.98. The van der Waals surface area contributed by atoms with Crippen LogP contribution in [0.15, 0.2) is 79.0 Å². The van der Waals surface area contributed by atoms with Crippen molar-refractivity contribution in [3.63, 3.8) is 0 Å². The Morgan fingerprint density at radius 3 is 2.41 bits per heavy atom. The number of benzene rings is 3. The molecule has 0 atom stereocenters. The van der Waals surface area contributed by atoms with E-state index in [4.69, 9.17) is 11.6 Å². The van der Waals surface area contributed by atoms with Gasteiger partial charge in [0.25, 0.3) is 0 Å². The van der Waals surface area contributed by atoms with Gasteiger partial charge < -0.3 is 0 Å². The van der Waals surface area contributed by atoms with Gasteiger partial charge in [-0.2, -0.15) is 0 Å². The van der Waals surface area contributed by atoms with Crippen LogP contribution in [-0.2, 0) is 0 Å². The second kappa shape index (κ2) is 7.69. The molecule has 0 radical (unpaired) electrons. The number of halogens is 2. The molecule has 0 saturated heterocycles. The quantitative estimate of drug-likeness (QED) is 0.432. The summed E-state index contributed by atoms with van der Waals surface area (Å²) in [6.45, 7) is 2.07. The summed E-state index contributed by atoms with van der Waals surface area (Å²) in [5.74, 6) is -0.432. The van der Waals surface area contributed by atoms with Crippen LogP contribution in [0.3, 0.4) is 0 Å². The summed E-state index contributed by atoms with van der Waals surface area (Å²) >= 11 is 6.11. The molecule has 0 aliphatic heterocycles. The molecule has 4 aromatic rings. The van der Waals surface area contributed by atoms with Gasteiger partial charge in [-0.3, -0.25) is 0 Å². The Balaban J connectivity index is 1.86. The van der Waals surface area contributed by atoms with Crippen LogP contribution >= 0.6 is 11.6 Å². The number of nitrogens with zero attached hydrogens (tertiary/aromatic N) is 2. The van der Waals surface area contributed by atoms with Crippen molar-refractivity contribution >= 4 is 35.5 Å². The summed E-state index contributed by atoms with van der Waals surface area (Å²) in [4.78, 5) is 0. The van der Waals surface area contributed by atoms with E-state index < -0.39 is 5.82 Å². The van der Waals surface area contributed by atoms with Crippen molar-refractivity contribution in [3.8, 4) is 16.9 Å². The van der Waals surface area contributed by atoms with E-state index in [0.717, 1.165) is 21.4 Å². The third kappa shape index (κ3) is 3.84. The van der Waals surface area contributed by atoms with Crippen LogP contribution in [0.4, 0.5) is 4.39 Å². The van der Waals surface area contributed by atoms with Crippen LogP contribution in [0.5, 0.6) is 0 Å². The van der Waals surface area contributed by atoms with Gasteiger partial charge in [0.1, 0.15) is 0 Å². The Morgan fingerprint density at radius 1 is 0.963 bits per heavy atom. The zero-order chi connectivity index (χ0) is 18.8. The molecule has 0 N–H and O–H groups in total. The van der Waals surface area contributed by atoms with Gasteiger partial charge >= 0.3 is 169 Å². The van der Waals surface area contributed by atoms with E-state index >= 15 is 0 Å².